The summed E-state index contributed by atoms with van der Waals surface area (Å²) in [5.41, 5.74) is -0.204. The molecule has 0 aliphatic rings. The Balaban J connectivity index is 2.25. The van der Waals surface area contributed by atoms with E-state index in [9.17, 15) is 13.2 Å². The van der Waals surface area contributed by atoms with Crippen LogP contribution in [-0.2, 0) is 6.42 Å². The summed E-state index contributed by atoms with van der Waals surface area (Å²) in [6, 6.07) is 4.84. The lowest BCUT2D eigenvalue weighted by molar-refractivity contribution is 0.462. The summed E-state index contributed by atoms with van der Waals surface area (Å²) in [5, 5.41) is 3.22. The first-order chi connectivity index (χ1) is 9.51. The van der Waals surface area contributed by atoms with E-state index in [1.807, 2.05) is 13.8 Å². The normalized spacial score (nSPS) is 12.7. The summed E-state index contributed by atoms with van der Waals surface area (Å²) in [6.07, 6.45) is 0.618. The SMILES string of the molecule is CCNC(C)Cc1ccc(-c2cc(F)cc(F)c2F)o1. The van der Waals surface area contributed by atoms with E-state index < -0.39 is 17.5 Å². The molecule has 1 heterocycles. The molecule has 0 bridgehead atoms. The highest BCUT2D eigenvalue weighted by Crippen LogP contribution is 2.27. The topological polar surface area (TPSA) is 25.2 Å². The second-order valence-corrected chi connectivity index (χ2v) is 4.68. The summed E-state index contributed by atoms with van der Waals surface area (Å²) < 4.78 is 45.4. The molecule has 2 rings (SSSR count). The van der Waals surface area contributed by atoms with Crippen LogP contribution in [0.2, 0.25) is 0 Å². The van der Waals surface area contributed by atoms with Gasteiger partial charge in [-0.15, -0.1) is 0 Å². The maximum Gasteiger partial charge on any atom is 0.169 e. The van der Waals surface area contributed by atoms with E-state index in [-0.39, 0.29) is 17.4 Å². The third-order valence-corrected chi connectivity index (χ3v) is 2.98. The number of likely N-dealkylation sites (N-methyl/N-ethyl adjacent to an activating group) is 1. The van der Waals surface area contributed by atoms with Crippen LogP contribution in [0, 0.1) is 17.5 Å². The lowest BCUT2D eigenvalue weighted by Crippen LogP contribution is -2.27. The zero-order valence-corrected chi connectivity index (χ0v) is 11.3. The molecule has 0 radical (unpaired) electrons. The van der Waals surface area contributed by atoms with Crippen LogP contribution >= 0.6 is 0 Å². The van der Waals surface area contributed by atoms with Crippen LogP contribution in [0.4, 0.5) is 13.2 Å². The first kappa shape index (κ1) is 14.7. The molecule has 0 saturated carbocycles. The molecular weight excluding hydrogens is 267 g/mol. The van der Waals surface area contributed by atoms with Gasteiger partial charge in [-0.2, -0.15) is 0 Å². The second-order valence-electron chi connectivity index (χ2n) is 4.68. The Morgan fingerprint density at radius 2 is 1.95 bits per heavy atom. The smallest absolute Gasteiger partial charge is 0.169 e. The van der Waals surface area contributed by atoms with E-state index in [0.29, 0.717) is 18.2 Å². The quantitative estimate of drug-likeness (QED) is 0.842. The van der Waals surface area contributed by atoms with E-state index in [1.165, 1.54) is 6.07 Å². The standard InChI is InChI=1S/C15H16F3NO/c1-3-19-9(2)6-11-4-5-14(20-11)12-7-10(16)8-13(17)15(12)18/h4-5,7-9,19H,3,6H2,1-2H3. The molecule has 2 aromatic rings. The second kappa shape index (κ2) is 6.13. The van der Waals surface area contributed by atoms with Crippen molar-refractivity contribution < 1.29 is 17.6 Å². The molecule has 0 aliphatic heterocycles. The highest BCUT2D eigenvalue weighted by Gasteiger charge is 2.16. The van der Waals surface area contributed by atoms with Crippen LogP contribution in [0.25, 0.3) is 11.3 Å². The number of nitrogens with one attached hydrogen (secondary N) is 1. The third kappa shape index (κ3) is 3.22. The van der Waals surface area contributed by atoms with Gasteiger partial charge in [-0.05, 0) is 31.7 Å². The Morgan fingerprint density at radius 1 is 1.20 bits per heavy atom. The van der Waals surface area contributed by atoms with Gasteiger partial charge >= 0.3 is 0 Å². The molecule has 108 valence electrons. The van der Waals surface area contributed by atoms with E-state index in [2.05, 4.69) is 5.32 Å². The Labute approximate surface area is 115 Å². The van der Waals surface area contributed by atoms with Crippen molar-refractivity contribution in [3.63, 3.8) is 0 Å². The fourth-order valence-electron chi connectivity index (χ4n) is 2.09. The monoisotopic (exact) mass is 283 g/mol. The van der Waals surface area contributed by atoms with Gasteiger partial charge in [0.1, 0.15) is 17.3 Å². The lowest BCUT2D eigenvalue weighted by Gasteiger charge is -2.09. The molecule has 2 nitrogen and oxygen atoms in total. The Morgan fingerprint density at radius 3 is 2.65 bits per heavy atom. The zero-order chi connectivity index (χ0) is 14.7. The predicted octanol–water partition coefficient (Wildman–Crippen LogP) is 3.90. The molecule has 20 heavy (non-hydrogen) atoms. The molecule has 5 heteroatoms. The Kier molecular flexibility index (Phi) is 4.49. The highest BCUT2D eigenvalue weighted by atomic mass is 19.2. The molecule has 1 aromatic heterocycles. The summed E-state index contributed by atoms with van der Waals surface area (Å²) in [4.78, 5) is 0. The van der Waals surface area contributed by atoms with Gasteiger partial charge in [-0.3, -0.25) is 0 Å². The molecule has 0 spiro atoms. The molecule has 0 amide bonds. The van der Waals surface area contributed by atoms with E-state index >= 15 is 0 Å². The first-order valence-electron chi connectivity index (χ1n) is 6.48. The van der Waals surface area contributed by atoms with Gasteiger partial charge < -0.3 is 9.73 Å². The molecule has 1 unspecified atom stereocenters. The maximum atomic E-state index is 13.6. The van der Waals surface area contributed by atoms with Crippen LogP contribution < -0.4 is 5.32 Å². The van der Waals surface area contributed by atoms with Crippen LogP contribution in [0.5, 0.6) is 0 Å². The number of rotatable bonds is 5. The number of benzene rings is 1. The van der Waals surface area contributed by atoms with Gasteiger partial charge in [-0.1, -0.05) is 6.92 Å². The van der Waals surface area contributed by atoms with Gasteiger partial charge in [0.15, 0.2) is 11.6 Å². The summed E-state index contributed by atoms with van der Waals surface area (Å²) in [6.45, 7) is 4.82. The van der Waals surface area contributed by atoms with Crippen molar-refractivity contribution in [1.29, 1.82) is 0 Å². The van der Waals surface area contributed by atoms with Crippen molar-refractivity contribution in [2.45, 2.75) is 26.3 Å². The average molecular weight is 283 g/mol. The van der Waals surface area contributed by atoms with E-state index in [1.54, 1.807) is 6.07 Å². The van der Waals surface area contributed by atoms with Crippen molar-refractivity contribution in [1.82, 2.24) is 5.32 Å². The minimum atomic E-state index is -1.22. The van der Waals surface area contributed by atoms with Gasteiger partial charge in [0.2, 0.25) is 0 Å². The van der Waals surface area contributed by atoms with Crippen molar-refractivity contribution in [3.8, 4) is 11.3 Å². The number of hydrogen-bond acceptors (Lipinski definition) is 2. The molecule has 0 aliphatic carbocycles. The third-order valence-electron chi connectivity index (χ3n) is 2.98. The lowest BCUT2D eigenvalue weighted by atomic mass is 10.1. The van der Waals surface area contributed by atoms with Crippen molar-refractivity contribution in [2.24, 2.45) is 0 Å². The van der Waals surface area contributed by atoms with Gasteiger partial charge in [0.25, 0.3) is 0 Å². The van der Waals surface area contributed by atoms with Gasteiger partial charge in [-0.25, -0.2) is 13.2 Å². The average Bonchev–Trinajstić information content (AvgIpc) is 2.82. The van der Waals surface area contributed by atoms with Crippen LogP contribution in [-0.4, -0.2) is 12.6 Å². The molecule has 1 atom stereocenters. The molecule has 1 N–H and O–H groups in total. The van der Waals surface area contributed by atoms with Gasteiger partial charge in [0, 0.05) is 18.5 Å². The molecule has 1 aromatic carbocycles. The van der Waals surface area contributed by atoms with Crippen LogP contribution in [0.15, 0.2) is 28.7 Å². The van der Waals surface area contributed by atoms with Crippen molar-refractivity contribution >= 4 is 0 Å². The summed E-state index contributed by atoms with van der Waals surface area (Å²) in [5.74, 6) is -2.40. The van der Waals surface area contributed by atoms with Crippen molar-refractivity contribution in [2.75, 3.05) is 6.54 Å². The number of halogens is 3. The van der Waals surface area contributed by atoms with Crippen LogP contribution in [0.1, 0.15) is 19.6 Å². The minimum Gasteiger partial charge on any atom is -0.461 e. The maximum absolute atomic E-state index is 13.6. The van der Waals surface area contributed by atoms with E-state index in [4.69, 9.17) is 4.42 Å². The number of furan rings is 1. The summed E-state index contributed by atoms with van der Waals surface area (Å²) in [7, 11) is 0. The number of hydrogen-bond donors (Lipinski definition) is 1. The van der Waals surface area contributed by atoms with Crippen molar-refractivity contribution in [3.05, 3.63) is 47.5 Å². The predicted molar refractivity (Wildman–Crippen MR) is 70.9 cm³/mol. The van der Waals surface area contributed by atoms with E-state index in [0.717, 1.165) is 12.6 Å². The zero-order valence-electron chi connectivity index (χ0n) is 11.3. The fourth-order valence-corrected chi connectivity index (χ4v) is 2.09. The minimum absolute atomic E-state index is 0.125. The molecule has 0 saturated heterocycles. The Bertz CT molecular complexity index is 595. The van der Waals surface area contributed by atoms with Crippen LogP contribution in [0.3, 0.4) is 0 Å². The largest absolute Gasteiger partial charge is 0.461 e. The summed E-state index contributed by atoms with van der Waals surface area (Å²) >= 11 is 0. The highest BCUT2D eigenvalue weighted by molar-refractivity contribution is 5.58. The fraction of sp³-hybridized carbons (Fsp3) is 0.333. The Hall–Kier alpha value is -1.75. The molecular formula is C15H16F3NO. The molecule has 0 fully saturated rings. The van der Waals surface area contributed by atoms with Gasteiger partial charge in [0.05, 0.1) is 5.56 Å². The first-order valence-corrected chi connectivity index (χ1v) is 6.48.